The number of carbonyl (C=O) groups excluding carboxylic acids is 1. The fraction of sp³-hybridized carbons (Fsp3) is 0.167. The van der Waals surface area contributed by atoms with E-state index in [1.54, 1.807) is 37.3 Å². The predicted molar refractivity (Wildman–Crippen MR) is 60.5 cm³/mol. The van der Waals surface area contributed by atoms with Crippen LogP contribution in [0.2, 0.25) is 0 Å². The Morgan fingerprint density at radius 3 is 2.25 bits per heavy atom. The molecule has 0 aliphatic rings. The van der Waals surface area contributed by atoms with Crippen LogP contribution < -0.4 is 5.73 Å². The van der Waals surface area contributed by atoms with Gasteiger partial charge in [0, 0.05) is 6.42 Å². The molecule has 1 rings (SSSR count). The van der Waals surface area contributed by atoms with Crippen LogP contribution in [0.15, 0.2) is 35.9 Å². The molecule has 0 radical (unpaired) electrons. The van der Waals surface area contributed by atoms with Crippen molar-refractivity contribution < 1.29 is 14.7 Å². The van der Waals surface area contributed by atoms with E-state index in [9.17, 15) is 9.59 Å². The molecule has 1 aromatic carbocycles. The van der Waals surface area contributed by atoms with E-state index in [0.717, 1.165) is 0 Å². The lowest BCUT2D eigenvalue weighted by Crippen LogP contribution is -2.17. The van der Waals surface area contributed by atoms with Gasteiger partial charge in [0.05, 0.1) is 5.70 Å². The first kappa shape index (κ1) is 12.0. The van der Waals surface area contributed by atoms with Gasteiger partial charge in [-0.3, -0.25) is 4.79 Å². The van der Waals surface area contributed by atoms with Gasteiger partial charge in [-0.2, -0.15) is 0 Å². The van der Waals surface area contributed by atoms with Crippen LogP contribution in [0.5, 0.6) is 0 Å². The first-order chi connectivity index (χ1) is 7.57. The molecule has 0 aliphatic carbocycles. The summed E-state index contributed by atoms with van der Waals surface area (Å²) in [4.78, 5) is 22.4. The normalized spacial score (nSPS) is 11.8. The Labute approximate surface area is 93.4 Å². The van der Waals surface area contributed by atoms with Crippen molar-refractivity contribution in [3.8, 4) is 0 Å². The molecule has 1 aromatic rings. The molecule has 0 saturated carbocycles. The second kappa shape index (κ2) is 5.11. The number of ketones is 1. The van der Waals surface area contributed by atoms with E-state index in [-0.39, 0.29) is 17.7 Å². The summed E-state index contributed by atoms with van der Waals surface area (Å²) in [5.74, 6) is -1.75. The summed E-state index contributed by atoms with van der Waals surface area (Å²) in [6.45, 7) is 1.60. The number of Topliss-reactive ketones (excluding diaryl/α,β-unsaturated/α-hetero) is 1. The zero-order valence-electron chi connectivity index (χ0n) is 8.93. The Bertz CT molecular complexity index is 435. The Hall–Kier alpha value is -2.10. The van der Waals surface area contributed by atoms with Crippen LogP contribution >= 0.6 is 0 Å². The predicted octanol–water partition coefficient (Wildman–Crippen LogP) is 1.42. The first-order valence-corrected chi connectivity index (χ1v) is 4.89. The quantitative estimate of drug-likeness (QED) is 0.456. The number of hydrogen-bond acceptors (Lipinski definition) is 3. The molecule has 0 spiro atoms. The SMILES string of the molecule is CCC(=O)C(C(=O)O)=C(N)c1ccccc1. The molecule has 3 N–H and O–H groups in total. The molecule has 4 nitrogen and oxygen atoms in total. The maximum absolute atomic E-state index is 11.4. The van der Waals surface area contributed by atoms with E-state index in [2.05, 4.69) is 0 Å². The Balaban J connectivity index is 3.28. The van der Waals surface area contributed by atoms with E-state index >= 15 is 0 Å². The number of hydrogen-bond donors (Lipinski definition) is 2. The van der Waals surface area contributed by atoms with Gasteiger partial charge in [0.15, 0.2) is 5.78 Å². The Kier molecular flexibility index (Phi) is 3.83. The molecule has 0 fully saturated rings. The number of rotatable bonds is 4. The minimum absolute atomic E-state index is 0.0138. The van der Waals surface area contributed by atoms with E-state index in [1.807, 2.05) is 0 Å². The summed E-state index contributed by atoms with van der Waals surface area (Å²) in [7, 11) is 0. The van der Waals surface area contributed by atoms with Gasteiger partial charge in [0.2, 0.25) is 0 Å². The average Bonchev–Trinajstić information content (AvgIpc) is 2.29. The van der Waals surface area contributed by atoms with Gasteiger partial charge in [-0.05, 0) is 5.56 Å². The molecule has 0 saturated heterocycles. The summed E-state index contributed by atoms with van der Waals surface area (Å²) in [5, 5.41) is 8.95. The van der Waals surface area contributed by atoms with Gasteiger partial charge < -0.3 is 10.8 Å². The van der Waals surface area contributed by atoms with E-state index in [4.69, 9.17) is 10.8 Å². The lowest BCUT2D eigenvalue weighted by molar-refractivity contribution is -0.134. The van der Waals surface area contributed by atoms with Crippen molar-refractivity contribution in [2.45, 2.75) is 13.3 Å². The third kappa shape index (κ3) is 2.48. The van der Waals surface area contributed by atoms with Gasteiger partial charge >= 0.3 is 5.97 Å². The van der Waals surface area contributed by atoms with Crippen molar-refractivity contribution in [2.75, 3.05) is 0 Å². The standard InChI is InChI=1S/C12H13NO3/c1-2-9(14)10(12(15)16)11(13)8-6-4-3-5-7-8/h3-7H,2,13H2,1H3,(H,15,16). The minimum Gasteiger partial charge on any atom is -0.477 e. The largest absolute Gasteiger partial charge is 0.477 e. The molecule has 0 atom stereocenters. The summed E-state index contributed by atoms with van der Waals surface area (Å²) in [6, 6.07) is 8.59. The van der Waals surface area contributed by atoms with Crippen LogP contribution in [0.4, 0.5) is 0 Å². The summed E-state index contributed by atoms with van der Waals surface area (Å²) >= 11 is 0. The van der Waals surface area contributed by atoms with E-state index < -0.39 is 11.8 Å². The third-order valence-corrected chi connectivity index (χ3v) is 2.17. The molecule has 0 aliphatic heterocycles. The van der Waals surface area contributed by atoms with Crippen molar-refractivity contribution in [3.05, 3.63) is 41.5 Å². The monoisotopic (exact) mass is 219 g/mol. The highest BCUT2D eigenvalue weighted by Gasteiger charge is 2.20. The fourth-order valence-corrected chi connectivity index (χ4v) is 1.32. The molecule has 0 aromatic heterocycles. The summed E-state index contributed by atoms with van der Waals surface area (Å²) < 4.78 is 0. The zero-order valence-corrected chi connectivity index (χ0v) is 8.93. The highest BCUT2D eigenvalue weighted by molar-refractivity contribution is 6.21. The molecule has 0 heterocycles. The van der Waals surface area contributed by atoms with Crippen molar-refractivity contribution in [3.63, 3.8) is 0 Å². The lowest BCUT2D eigenvalue weighted by Gasteiger charge is -2.06. The number of carboxylic acid groups (broad SMARTS) is 1. The highest BCUT2D eigenvalue weighted by Crippen LogP contribution is 2.15. The van der Waals surface area contributed by atoms with Crippen molar-refractivity contribution >= 4 is 17.4 Å². The fourth-order valence-electron chi connectivity index (χ4n) is 1.32. The Morgan fingerprint density at radius 2 is 1.81 bits per heavy atom. The van der Waals surface area contributed by atoms with Crippen LogP contribution in [0.1, 0.15) is 18.9 Å². The molecule has 84 valence electrons. The molecule has 0 amide bonds. The molecular weight excluding hydrogens is 206 g/mol. The molecule has 0 bridgehead atoms. The van der Waals surface area contributed by atoms with Crippen molar-refractivity contribution in [1.29, 1.82) is 0 Å². The van der Waals surface area contributed by atoms with Crippen LogP contribution in [-0.2, 0) is 9.59 Å². The Morgan fingerprint density at radius 1 is 1.25 bits per heavy atom. The van der Waals surface area contributed by atoms with Crippen LogP contribution in [0.3, 0.4) is 0 Å². The van der Waals surface area contributed by atoms with Gasteiger partial charge in [0.25, 0.3) is 0 Å². The van der Waals surface area contributed by atoms with Crippen LogP contribution in [-0.4, -0.2) is 16.9 Å². The van der Waals surface area contributed by atoms with E-state index in [0.29, 0.717) is 5.56 Å². The zero-order chi connectivity index (χ0) is 12.1. The minimum atomic E-state index is -1.28. The summed E-state index contributed by atoms with van der Waals surface area (Å²) in [5.41, 5.74) is 5.91. The highest BCUT2D eigenvalue weighted by atomic mass is 16.4. The first-order valence-electron chi connectivity index (χ1n) is 4.89. The third-order valence-electron chi connectivity index (χ3n) is 2.17. The molecular formula is C12H13NO3. The number of nitrogens with two attached hydrogens (primary N) is 1. The molecule has 16 heavy (non-hydrogen) atoms. The van der Waals surface area contributed by atoms with E-state index in [1.165, 1.54) is 0 Å². The van der Waals surface area contributed by atoms with Gasteiger partial charge in [-0.1, -0.05) is 37.3 Å². The number of benzene rings is 1. The van der Waals surface area contributed by atoms with Gasteiger partial charge in [-0.15, -0.1) is 0 Å². The molecule has 0 unspecified atom stereocenters. The second-order valence-electron chi connectivity index (χ2n) is 3.24. The maximum atomic E-state index is 11.4. The number of carboxylic acids is 1. The lowest BCUT2D eigenvalue weighted by atomic mass is 10.0. The second-order valence-corrected chi connectivity index (χ2v) is 3.24. The van der Waals surface area contributed by atoms with Gasteiger partial charge in [-0.25, -0.2) is 4.79 Å². The topological polar surface area (TPSA) is 80.4 Å². The van der Waals surface area contributed by atoms with Gasteiger partial charge in [0.1, 0.15) is 5.57 Å². The van der Waals surface area contributed by atoms with Crippen LogP contribution in [0, 0.1) is 0 Å². The maximum Gasteiger partial charge on any atom is 0.341 e. The van der Waals surface area contributed by atoms with Crippen molar-refractivity contribution in [1.82, 2.24) is 0 Å². The summed E-state index contributed by atoms with van der Waals surface area (Å²) in [6.07, 6.45) is 0.120. The number of carbonyl (C=O) groups is 2. The number of aliphatic carboxylic acids is 1. The van der Waals surface area contributed by atoms with Crippen molar-refractivity contribution in [2.24, 2.45) is 5.73 Å². The smallest absolute Gasteiger partial charge is 0.341 e. The molecule has 4 heteroatoms. The average molecular weight is 219 g/mol. The van der Waals surface area contributed by atoms with Crippen LogP contribution in [0.25, 0.3) is 5.70 Å².